The number of anilines is 1. The summed E-state index contributed by atoms with van der Waals surface area (Å²) in [7, 11) is 1.38. The van der Waals surface area contributed by atoms with E-state index >= 15 is 0 Å². The average Bonchev–Trinajstić information content (AvgIpc) is 3.21. The van der Waals surface area contributed by atoms with E-state index in [2.05, 4.69) is 50.3 Å². The maximum absolute atomic E-state index is 11.2. The highest BCUT2D eigenvalue weighted by molar-refractivity contribution is 5.86. The normalized spacial score (nSPS) is 16.5. The zero-order valence-corrected chi connectivity index (χ0v) is 15.3. The Kier molecular flexibility index (Phi) is 4.87. The summed E-state index contributed by atoms with van der Waals surface area (Å²) in [6, 6.07) is 16.6. The van der Waals surface area contributed by atoms with Crippen molar-refractivity contribution >= 4 is 22.8 Å². The standard InChI is InChI=1S/C21H22N4O2/c1-27-21(26)23-13-15-9-11-25(14-15)20-22-10-8-19(24-20)18-7-6-16-4-2-3-5-17(16)12-18/h2-8,10,12,15H,9,11,13-14H2,1H3,(H,23,26). The fraction of sp³-hybridized carbons (Fsp3) is 0.286. The second-order valence-electron chi connectivity index (χ2n) is 6.78. The van der Waals surface area contributed by atoms with Gasteiger partial charge in [0.05, 0.1) is 12.8 Å². The van der Waals surface area contributed by atoms with E-state index in [1.807, 2.05) is 24.4 Å². The number of nitrogens with zero attached hydrogens (tertiary/aromatic N) is 3. The number of carbonyl (C=O) groups is 1. The monoisotopic (exact) mass is 362 g/mol. The van der Waals surface area contributed by atoms with Gasteiger partial charge in [0, 0.05) is 31.4 Å². The van der Waals surface area contributed by atoms with Gasteiger partial charge in [0.15, 0.2) is 0 Å². The minimum Gasteiger partial charge on any atom is -0.453 e. The van der Waals surface area contributed by atoms with E-state index in [-0.39, 0.29) is 6.09 Å². The second kappa shape index (κ2) is 7.61. The van der Waals surface area contributed by atoms with Gasteiger partial charge >= 0.3 is 6.09 Å². The van der Waals surface area contributed by atoms with Crippen LogP contribution in [0.5, 0.6) is 0 Å². The molecule has 27 heavy (non-hydrogen) atoms. The lowest BCUT2D eigenvalue weighted by molar-refractivity contribution is 0.169. The molecule has 1 amide bonds. The molecule has 2 aromatic carbocycles. The first-order valence-corrected chi connectivity index (χ1v) is 9.12. The quantitative estimate of drug-likeness (QED) is 0.770. The van der Waals surface area contributed by atoms with Gasteiger partial charge in [-0.25, -0.2) is 14.8 Å². The van der Waals surface area contributed by atoms with Crippen molar-refractivity contribution in [1.82, 2.24) is 15.3 Å². The molecule has 1 saturated heterocycles. The number of hydrogen-bond acceptors (Lipinski definition) is 5. The summed E-state index contributed by atoms with van der Waals surface area (Å²) in [5, 5.41) is 5.19. The van der Waals surface area contributed by atoms with Crippen molar-refractivity contribution in [3.05, 3.63) is 54.7 Å². The fourth-order valence-corrected chi connectivity index (χ4v) is 3.49. The van der Waals surface area contributed by atoms with Crippen molar-refractivity contribution in [1.29, 1.82) is 0 Å². The zero-order chi connectivity index (χ0) is 18.6. The highest BCUT2D eigenvalue weighted by Crippen LogP contribution is 2.26. The van der Waals surface area contributed by atoms with E-state index < -0.39 is 0 Å². The lowest BCUT2D eigenvalue weighted by Crippen LogP contribution is -2.31. The van der Waals surface area contributed by atoms with Gasteiger partial charge in [-0.3, -0.25) is 0 Å². The second-order valence-corrected chi connectivity index (χ2v) is 6.78. The van der Waals surface area contributed by atoms with E-state index in [1.54, 1.807) is 0 Å². The SMILES string of the molecule is COC(=O)NCC1CCN(c2nccc(-c3ccc4ccccc4c3)n2)C1. The molecule has 0 aliphatic carbocycles. The van der Waals surface area contributed by atoms with Gasteiger partial charge in [-0.1, -0.05) is 36.4 Å². The van der Waals surface area contributed by atoms with E-state index in [0.717, 1.165) is 36.7 Å². The fourth-order valence-electron chi connectivity index (χ4n) is 3.49. The maximum Gasteiger partial charge on any atom is 0.406 e. The molecule has 1 aliphatic rings. The van der Waals surface area contributed by atoms with Crippen molar-refractivity contribution in [3.8, 4) is 11.3 Å². The minimum atomic E-state index is -0.386. The average molecular weight is 362 g/mol. The molecule has 138 valence electrons. The van der Waals surface area contributed by atoms with Crippen LogP contribution < -0.4 is 10.2 Å². The van der Waals surface area contributed by atoms with Gasteiger partial charge in [-0.15, -0.1) is 0 Å². The van der Waals surface area contributed by atoms with Crippen LogP contribution in [0.1, 0.15) is 6.42 Å². The highest BCUT2D eigenvalue weighted by Gasteiger charge is 2.25. The van der Waals surface area contributed by atoms with Crippen LogP contribution in [0.4, 0.5) is 10.7 Å². The third-order valence-corrected chi connectivity index (χ3v) is 4.98. The van der Waals surface area contributed by atoms with Gasteiger partial charge in [0.25, 0.3) is 0 Å². The molecule has 0 saturated carbocycles. The van der Waals surface area contributed by atoms with Crippen LogP contribution in [0.15, 0.2) is 54.7 Å². The van der Waals surface area contributed by atoms with Crippen LogP contribution in [0, 0.1) is 5.92 Å². The van der Waals surface area contributed by atoms with Crippen molar-refractivity contribution in [2.75, 3.05) is 31.6 Å². The lowest BCUT2D eigenvalue weighted by Gasteiger charge is -2.17. The molecular formula is C21H22N4O2. The summed E-state index contributed by atoms with van der Waals surface area (Å²) < 4.78 is 4.63. The summed E-state index contributed by atoms with van der Waals surface area (Å²) in [6.45, 7) is 2.31. The summed E-state index contributed by atoms with van der Waals surface area (Å²) in [5.74, 6) is 1.11. The number of ether oxygens (including phenoxy) is 1. The molecule has 2 heterocycles. The summed E-state index contributed by atoms with van der Waals surface area (Å²) in [6.07, 6.45) is 2.42. The zero-order valence-electron chi connectivity index (χ0n) is 15.3. The van der Waals surface area contributed by atoms with E-state index in [4.69, 9.17) is 4.98 Å². The Bertz CT molecular complexity index is 960. The molecule has 6 nitrogen and oxygen atoms in total. The topological polar surface area (TPSA) is 67.3 Å². The van der Waals surface area contributed by atoms with E-state index in [9.17, 15) is 4.79 Å². The molecule has 1 N–H and O–H groups in total. The first-order valence-electron chi connectivity index (χ1n) is 9.12. The van der Waals surface area contributed by atoms with E-state index in [1.165, 1.54) is 17.9 Å². The number of aromatic nitrogens is 2. The molecule has 0 bridgehead atoms. The number of rotatable bonds is 4. The molecule has 6 heteroatoms. The Morgan fingerprint density at radius 1 is 1.22 bits per heavy atom. The van der Waals surface area contributed by atoms with E-state index in [0.29, 0.717) is 12.5 Å². The van der Waals surface area contributed by atoms with Gasteiger partial charge in [-0.05, 0) is 35.2 Å². The van der Waals surface area contributed by atoms with Crippen LogP contribution in [0.25, 0.3) is 22.0 Å². The Balaban J connectivity index is 1.50. The van der Waals surface area contributed by atoms with Crippen molar-refractivity contribution < 1.29 is 9.53 Å². The number of alkyl carbamates (subject to hydrolysis) is 1. The molecule has 0 radical (unpaired) electrons. The molecule has 1 aromatic heterocycles. The molecular weight excluding hydrogens is 340 g/mol. The number of nitrogens with one attached hydrogen (secondary N) is 1. The predicted octanol–water partition coefficient (Wildman–Crippen LogP) is 3.48. The number of carbonyl (C=O) groups excluding carboxylic acids is 1. The first-order chi connectivity index (χ1) is 13.2. The minimum absolute atomic E-state index is 0.372. The van der Waals surface area contributed by atoms with Crippen LogP contribution in [0.2, 0.25) is 0 Å². The molecule has 0 spiro atoms. The number of fused-ring (bicyclic) bond motifs is 1. The van der Waals surface area contributed by atoms with Crippen molar-refractivity contribution in [2.45, 2.75) is 6.42 Å². The van der Waals surface area contributed by atoms with Gasteiger partial charge in [0.1, 0.15) is 0 Å². The van der Waals surface area contributed by atoms with Gasteiger partial charge in [-0.2, -0.15) is 0 Å². The Morgan fingerprint density at radius 2 is 2.07 bits per heavy atom. The van der Waals surface area contributed by atoms with Crippen LogP contribution >= 0.6 is 0 Å². The third-order valence-electron chi connectivity index (χ3n) is 4.98. The third kappa shape index (κ3) is 3.84. The number of methoxy groups -OCH3 is 1. The maximum atomic E-state index is 11.2. The Morgan fingerprint density at radius 3 is 2.93 bits per heavy atom. The molecule has 4 rings (SSSR count). The van der Waals surface area contributed by atoms with Crippen LogP contribution in [-0.2, 0) is 4.74 Å². The summed E-state index contributed by atoms with van der Waals surface area (Å²) in [5.41, 5.74) is 2.00. The van der Waals surface area contributed by atoms with Crippen molar-refractivity contribution in [2.24, 2.45) is 5.92 Å². The number of amides is 1. The Hall–Kier alpha value is -3.15. The molecule has 1 fully saturated rings. The lowest BCUT2D eigenvalue weighted by atomic mass is 10.1. The molecule has 1 atom stereocenters. The molecule has 3 aromatic rings. The summed E-state index contributed by atoms with van der Waals surface area (Å²) in [4.78, 5) is 22.7. The molecule has 1 unspecified atom stereocenters. The highest BCUT2D eigenvalue weighted by atomic mass is 16.5. The van der Waals surface area contributed by atoms with Crippen LogP contribution in [-0.4, -0.2) is 42.8 Å². The number of benzene rings is 2. The number of hydrogen-bond donors (Lipinski definition) is 1. The Labute approximate surface area is 158 Å². The smallest absolute Gasteiger partial charge is 0.406 e. The predicted molar refractivity (Wildman–Crippen MR) is 106 cm³/mol. The van der Waals surface area contributed by atoms with Crippen LogP contribution in [0.3, 0.4) is 0 Å². The van der Waals surface area contributed by atoms with Crippen molar-refractivity contribution in [3.63, 3.8) is 0 Å². The first kappa shape index (κ1) is 17.3. The van der Waals surface area contributed by atoms with Gasteiger partial charge < -0.3 is 15.0 Å². The largest absolute Gasteiger partial charge is 0.453 e. The van der Waals surface area contributed by atoms with Gasteiger partial charge in [0.2, 0.25) is 5.95 Å². The summed E-state index contributed by atoms with van der Waals surface area (Å²) >= 11 is 0. The molecule has 1 aliphatic heterocycles.